The summed E-state index contributed by atoms with van der Waals surface area (Å²) in [6, 6.07) is 14.0. The van der Waals surface area contributed by atoms with E-state index in [1.54, 1.807) is 7.11 Å². The number of hydrogen-bond donors (Lipinski definition) is 2. The third-order valence-corrected chi connectivity index (χ3v) is 3.65. The third kappa shape index (κ3) is 2.69. The molecule has 0 bridgehead atoms. The maximum absolute atomic E-state index is 9.00. The van der Waals surface area contributed by atoms with E-state index in [1.807, 2.05) is 30.3 Å². The fourth-order valence-electron chi connectivity index (χ4n) is 2.71. The van der Waals surface area contributed by atoms with E-state index in [4.69, 9.17) is 20.4 Å². The Labute approximate surface area is 138 Å². The monoisotopic (exact) mass is 323 g/mol. The Balaban J connectivity index is 0.000000383. The van der Waals surface area contributed by atoms with Crippen molar-refractivity contribution in [2.24, 2.45) is 0 Å². The zero-order valence-electron chi connectivity index (χ0n) is 13.4. The molecular formula is C18H17N3O3. The van der Waals surface area contributed by atoms with Gasteiger partial charge in [0.1, 0.15) is 11.6 Å². The summed E-state index contributed by atoms with van der Waals surface area (Å²) in [6.45, 7) is 1.08. The molecule has 0 aliphatic carbocycles. The molecule has 0 aliphatic heterocycles. The van der Waals surface area contributed by atoms with Crippen LogP contribution in [0.15, 0.2) is 48.7 Å². The number of nitrogen functional groups attached to an aromatic ring is 1. The van der Waals surface area contributed by atoms with Gasteiger partial charge in [0.15, 0.2) is 0 Å². The molecule has 0 spiro atoms. The van der Waals surface area contributed by atoms with Crippen LogP contribution >= 0.6 is 0 Å². The summed E-state index contributed by atoms with van der Waals surface area (Å²) in [5.41, 5.74) is 8.93. The van der Waals surface area contributed by atoms with Crippen LogP contribution in [-0.2, 0) is 4.79 Å². The number of carboxylic acid groups (broad SMARTS) is 1. The molecule has 0 fully saturated rings. The summed E-state index contributed by atoms with van der Waals surface area (Å²) >= 11 is 0. The number of carbonyl (C=O) groups is 1. The van der Waals surface area contributed by atoms with Gasteiger partial charge in [-0.15, -0.1) is 0 Å². The fraction of sp³-hybridized carbons (Fsp3) is 0.111. The second-order valence-electron chi connectivity index (χ2n) is 5.31. The maximum atomic E-state index is 9.00. The van der Waals surface area contributed by atoms with E-state index in [0.29, 0.717) is 5.82 Å². The number of nitrogens with zero attached hydrogens (tertiary/aromatic N) is 2. The van der Waals surface area contributed by atoms with Gasteiger partial charge in [-0.25, -0.2) is 4.98 Å². The second-order valence-corrected chi connectivity index (χ2v) is 5.31. The number of methoxy groups -OCH3 is 1. The standard InChI is InChI=1S/C16H13N3O.C2H4O2/c1-20-11-6-7-13-14(8-11)19-9-10-4-2-3-5-12(10)15(19)16(17)18-13;1-2(3)4/h2-9H,1H3,(H2,17,18);1H3,(H,3,4). The van der Waals surface area contributed by atoms with Gasteiger partial charge in [0.25, 0.3) is 5.97 Å². The smallest absolute Gasteiger partial charge is 0.300 e. The lowest BCUT2D eigenvalue weighted by atomic mass is 10.2. The van der Waals surface area contributed by atoms with Gasteiger partial charge in [-0.1, -0.05) is 24.3 Å². The van der Waals surface area contributed by atoms with Gasteiger partial charge in [0.05, 0.1) is 23.7 Å². The molecule has 2 heterocycles. The van der Waals surface area contributed by atoms with Crippen LogP contribution < -0.4 is 10.5 Å². The first-order valence-electron chi connectivity index (χ1n) is 7.34. The van der Waals surface area contributed by atoms with Crippen LogP contribution in [0.3, 0.4) is 0 Å². The van der Waals surface area contributed by atoms with E-state index in [2.05, 4.69) is 27.7 Å². The van der Waals surface area contributed by atoms with Crippen LogP contribution in [0.2, 0.25) is 0 Å². The average Bonchev–Trinajstić information content (AvgIpc) is 2.94. The number of fused-ring (bicyclic) bond motifs is 5. The molecular weight excluding hydrogens is 306 g/mol. The molecule has 0 amide bonds. The molecule has 0 radical (unpaired) electrons. The van der Waals surface area contributed by atoms with Crippen LogP contribution in [0.25, 0.3) is 27.3 Å². The zero-order chi connectivity index (χ0) is 17.3. The molecule has 0 saturated carbocycles. The number of hydrogen-bond acceptors (Lipinski definition) is 4. The molecule has 0 saturated heterocycles. The Bertz CT molecular complexity index is 1050. The fourth-order valence-corrected chi connectivity index (χ4v) is 2.71. The van der Waals surface area contributed by atoms with Crippen molar-refractivity contribution in [1.29, 1.82) is 0 Å². The van der Waals surface area contributed by atoms with E-state index < -0.39 is 5.97 Å². The number of ether oxygens (including phenoxy) is 1. The molecule has 3 N–H and O–H groups in total. The number of aromatic nitrogens is 2. The summed E-state index contributed by atoms with van der Waals surface area (Å²) in [4.78, 5) is 13.5. The van der Waals surface area contributed by atoms with Gasteiger partial charge in [-0.2, -0.15) is 0 Å². The Morgan fingerprint density at radius 3 is 2.67 bits per heavy atom. The Hall–Kier alpha value is -3.28. The van der Waals surface area contributed by atoms with Crippen molar-refractivity contribution in [2.45, 2.75) is 6.92 Å². The van der Waals surface area contributed by atoms with Gasteiger partial charge >= 0.3 is 0 Å². The summed E-state index contributed by atoms with van der Waals surface area (Å²) in [6.07, 6.45) is 2.09. The molecule has 0 atom stereocenters. The summed E-state index contributed by atoms with van der Waals surface area (Å²) in [5.74, 6) is 0.520. The van der Waals surface area contributed by atoms with Crippen LogP contribution in [0.4, 0.5) is 5.82 Å². The van der Waals surface area contributed by atoms with Gasteiger partial charge in [0, 0.05) is 30.0 Å². The van der Waals surface area contributed by atoms with E-state index in [-0.39, 0.29) is 0 Å². The van der Waals surface area contributed by atoms with E-state index in [0.717, 1.165) is 40.0 Å². The first-order chi connectivity index (χ1) is 11.5. The highest BCUT2D eigenvalue weighted by Gasteiger charge is 2.11. The van der Waals surface area contributed by atoms with E-state index in [1.165, 1.54) is 0 Å². The predicted molar refractivity (Wildman–Crippen MR) is 94.5 cm³/mol. The highest BCUT2D eigenvalue weighted by atomic mass is 16.5. The molecule has 24 heavy (non-hydrogen) atoms. The molecule has 122 valence electrons. The minimum Gasteiger partial charge on any atom is -0.497 e. The van der Waals surface area contributed by atoms with E-state index >= 15 is 0 Å². The average molecular weight is 323 g/mol. The van der Waals surface area contributed by atoms with Crippen LogP contribution in [0.1, 0.15) is 6.92 Å². The van der Waals surface area contributed by atoms with Crippen LogP contribution in [0, 0.1) is 0 Å². The van der Waals surface area contributed by atoms with Crippen molar-refractivity contribution in [1.82, 2.24) is 9.38 Å². The molecule has 6 nitrogen and oxygen atoms in total. The third-order valence-electron chi connectivity index (χ3n) is 3.65. The molecule has 4 aromatic rings. The van der Waals surface area contributed by atoms with Crippen LogP contribution in [-0.4, -0.2) is 27.6 Å². The van der Waals surface area contributed by atoms with Gasteiger partial charge < -0.3 is 20.0 Å². The van der Waals surface area contributed by atoms with E-state index in [9.17, 15) is 0 Å². The van der Waals surface area contributed by atoms with Gasteiger partial charge in [-0.05, 0) is 12.1 Å². The van der Waals surface area contributed by atoms with Crippen molar-refractivity contribution in [3.63, 3.8) is 0 Å². The number of carboxylic acids is 1. The molecule has 2 aromatic heterocycles. The lowest BCUT2D eigenvalue weighted by molar-refractivity contribution is -0.134. The number of nitrogens with two attached hydrogens (primary N) is 1. The zero-order valence-corrected chi connectivity index (χ0v) is 13.4. The minimum atomic E-state index is -0.833. The second kappa shape index (κ2) is 6.08. The van der Waals surface area contributed by atoms with Gasteiger partial charge in [-0.3, -0.25) is 4.79 Å². The Kier molecular flexibility index (Phi) is 3.95. The first-order valence-corrected chi connectivity index (χ1v) is 7.34. The largest absolute Gasteiger partial charge is 0.497 e. The highest BCUT2D eigenvalue weighted by Crippen LogP contribution is 2.30. The summed E-state index contributed by atoms with van der Waals surface area (Å²) < 4.78 is 7.39. The van der Waals surface area contributed by atoms with Crippen LogP contribution in [0.5, 0.6) is 5.75 Å². The lowest BCUT2D eigenvalue weighted by Crippen LogP contribution is -1.98. The topological polar surface area (TPSA) is 89.8 Å². The first kappa shape index (κ1) is 15.6. The van der Waals surface area contributed by atoms with Crippen molar-refractivity contribution >= 4 is 39.1 Å². The minimum absolute atomic E-state index is 0.545. The molecule has 0 unspecified atom stereocenters. The Morgan fingerprint density at radius 1 is 1.25 bits per heavy atom. The molecule has 0 aliphatic rings. The van der Waals surface area contributed by atoms with Crippen molar-refractivity contribution < 1.29 is 14.6 Å². The number of anilines is 1. The lowest BCUT2D eigenvalue weighted by Gasteiger charge is -2.07. The quantitative estimate of drug-likeness (QED) is 0.561. The highest BCUT2D eigenvalue weighted by molar-refractivity contribution is 6.04. The number of rotatable bonds is 1. The normalized spacial score (nSPS) is 10.6. The van der Waals surface area contributed by atoms with Gasteiger partial charge in [0.2, 0.25) is 0 Å². The maximum Gasteiger partial charge on any atom is 0.300 e. The van der Waals surface area contributed by atoms with Crippen molar-refractivity contribution in [2.75, 3.05) is 12.8 Å². The SMILES string of the molecule is CC(=O)O.COc1ccc2nc(N)c3c4ccccc4cn3c2c1. The molecule has 2 aromatic carbocycles. The summed E-state index contributed by atoms with van der Waals surface area (Å²) in [5, 5.41) is 9.68. The summed E-state index contributed by atoms with van der Waals surface area (Å²) in [7, 11) is 1.66. The number of benzene rings is 2. The Morgan fingerprint density at radius 2 is 1.96 bits per heavy atom. The van der Waals surface area contributed by atoms with Crippen molar-refractivity contribution in [3.8, 4) is 5.75 Å². The number of aliphatic carboxylic acids is 1. The van der Waals surface area contributed by atoms with Crippen molar-refractivity contribution in [3.05, 3.63) is 48.7 Å². The molecule has 6 heteroatoms. The predicted octanol–water partition coefficient (Wildman–Crippen LogP) is 3.32. The molecule has 4 rings (SSSR count).